The molecule has 0 amide bonds. The van der Waals surface area contributed by atoms with Crippen molar-refractivity contribution in [2.24, 2.45) is 0 Å². The number of halogens is 5. The minimum atomic E-state index is -4.54. The average Bonchev–Trinajstić information content (AvgIpc) is 2.76. The number of hydrogen-bond acceptors (Lipinski definition) is 2. The Morgan fingerprint density at radius 3 is 2.61 bits per heavy atom. The molecule has 0 N–H and O–H groups in total. The summed E-state index contributed by atoms with van der Waals surface area (Å²) < 4.78 is 52.2. The van der Waals surface area contributed by atoms with Gasteiger partial charge in [-0.2, -0.15) is 13.2 Å². The van der Waals surface area contributed by atoms with E-state index < -0.39 is 17.6 Å². The SMILES string of the molecule is Fc1ccc(C(F)(F)F)cc1-n1cnnc1CCl. The molecule has 3 nitrogen and oxygen atoms in total. The van der Waals surface area contributed by atoms with Gasteiger partial charge in [0.1, 0.15) is 12.1 Å². The van der Waals surface area contributed by atoms with Crippen molar-refractivity contribution in [1.82, 2.24) is 14.8 Å². The quantitative estimate of drug-likeness (QED) is 0.624. The number of benzene rings is 1. The maximum absolute atomic E-state index is 13.6. The first-order valence-electron chi connectivity index (χ1n) is 4.75. The molecule has 0 bridgehead atoms. The first kappa shape index (κ1) is 12.8. The molecule has 2 aromatic rings. The molecule has 0 aliphatic rings. The molecular formula is C10H6ClF4N3. The maximum Gasteiger partial charge on any atom is 0.416 e. The molecule has 2 rings (SSSR count). The summed E-state index contributed by atoms with van der Waals surface area (Å²) in [6.45, 7) is 0. The highest BCUT2D eigenvalue weighted by Gasteiger charge is 2.31. The predicted octanol–water partition coefficient (Wildman–Crippen LogP) is 3.16. The Hall–Kier alpha value is -1.63. The summed E-state index contributed by atoms with van der Waals surface area (Å²) in [5.41, 5.74) is -1.24. The maximum atomic E-state index is 13.6. The van der Waals surface area contributed by atoms with Gasteiger partial charge >= 0.3 is 6.18 Å². The Kier molecular flexibility index (Phi) is 3.25. The van der Waals surface area contributed by atoms with Crippen molar-refractivity contribution in [2.75, 3.05) is 0 Å². The smallest absolute Gasteiger partial charge is 0.282 e. The van der Waals surface area contributed by atoms with Crippen LogP contribution < -0.4 is 0 Å². The van der Waals surface area contributed by atoms with Gasteiger partial charge < -0.3 is 0 Å². The lowest BCUT2D eigenvalue weighted by Gasteiger charge is -2.11. The third-order valence-electron chi connectivity index (χ3n) is 2.27. The first-order chi connectivity index (χ1) is 8.43. The van der Waals surface area contributed by atoms with E-state index in [4.69, 9.17) is 11.6 Å². The second-order valence-corrected chi connectivity index (χ2v) is 3.68. The van der Waals surface area contributed by atoms with E-state index in [9.17, 15) is 17.6 Å². The van der Waals surface area contributed by atoms with Crippen molar-refractivity contribution in [1.29, 1.82) is 0 Å². The van der Waals surface area contributed by atoms with Crippen molar-refractivity contribution in [3.63, 3.8) is 0 Å². The molecule has 0 radical (unpaired) electrons. The molecule has 18 heavy (non-hydrogen) atoms. The lowest BCUT2D eigenvalue weighted by molar-refractivity contribution is -0.137. The number of nitrogens with zero attached hydrogens (tertiary/aromatic N) is 3. The van der Waals surface area contributed by atoms with Crippen molar-refractivity contribution in [3.05, 3.63) is 41.7 Å². The highest BCUT2D eigenvalue weighted by atomic mass is 35.5. The van der Waals surface area contributed by atoms with Crippen LogP contribution in [0.5, 0.6) is 0 Å². The lowest BCUT2D eigenvalue weighted by Crippen LogP contribution is -2.08. The van der Waals surface area contributed by atoms with Crippen LogP contribution in [0.3, 0.4) is 0 Å². The Morgan fingerprint density at radius 1 is 1.28 bits per heavy atom. The molecule has 0 aliphatic heterocycles. The van der Waals surface area contributed by atoms with Gasteiger partial charge in [-0.3, -0.25) is 4.57 Å². The molecule has 0 fully saturated rings. The molecule has 1 aromatic heterocycles. The Morgan fingerprint density at radius 2 is 2.00 bits per heavy atom. The van der Waals surface area contributed by atoms with E-state index in [1.165, 1.54) is 0 Å². The zero-order valence-corrected chi connectivity index (χ0v) is 9.50. The second-order valence-electron chi connectivity index (χ2n) is 3.41. The van der Waals surface area contributed by atoms with Gasteiger partial charge in [0.25, 0.3) is 0 Å². The Bertz CT molecular complexity index is 564. The van der Waals surface area contributed by atoms with Gasteiger partial charge in [-0.25, -0.2) is 4.39 Å². The van der Waals surface area contributed by atoms with E-state index in [0.29, 0.717) is 12.1 Å². The predicted molar refractivity (Wildman–Crippen MR) is 55.9 cm³/mol. The number of alkyl halides is 4. The van der Waals surface area contributed by atoms with Crippen LogP contribution in [0.2, 0.25) is 0 Å². The van der Waals surface area contributed by atoms with Gasteiger partial charge in [0, 0.05) is 0 Å². The van der Waals surface area contributed by atoms with Crippen LogP contribution in [0, 0.1) is 5.82 Å². The van der Waals surface area contributed by atoms with E-state index in [0.717, 1.165) is 17.0 Å². The van der Waals surface area contributed by atoms with Crippen molar-refractivity contribution in [3.8, 4) is 5.69 Å². The van der Waals surface area contributed by atoms with Crippen LogP contribution >= 0.6 is 11.6 Å². The third-order valence-corrected chi connectivity index (χ3v) is 2.51. The minimum absolute atomic E-state index is 0.0876. The molecule has 0 atom stereocenters. The molecule has 0 saturated carbocycles. The molecule has 0 spiro atoms. The van der Waals surface area contributed by atoms with Gasteiger partial charge in [0.2, 0.25) is 0 Å². The fourth-order valence-electron chi connectivity index (χ4n) is 1.42. The fraction of sp³-hybridized carbons (Fsp3) is 0.200. The standard InChI is InChI=1S/C10H6ClF4N3/c11-4-9-17-16-5-18(9)8-3-6(10(13,14)15)1-2-7(8)12/h1-3,5H,4H2. The van der Waals surface area contributed by atoms with Crippen LogP contribution in [-0.4, -0.2) is 14.8 Å². The van der Waals surface area contributed by atoms with E-state index in [1.54, 1.807) is 0 Å². The number of aromatic nitrogens is 3. The van der Waals surface area contributed by atoms with Gasteiger partial charge in [-0.1, -0.05) is 0 Å². The first-order valence-corrected chi connectivity index (χ1v) is 5.29. The summed E-state index contributed by atoms with van der Waals surface area (Å²) in [6.07, 6.45) is -3.44. The van der Waals surface area contributed by atoms with Crippen LogP contribution in [0.25, 0.3) is 5.69 Å². The van der Waals surface area contributed by atoms with Gasteiger partial charge in [-0.15, -0.1) is 21.8 Å². The number of hydrogen-bond donors (Lipinski definition) is 0. The zero-order chi connectivity index (χ0) is 13.3. The topological polar surface area (TPSA) is 30.7 Å². The molecule has 1 heterocycles. The Balaban J connectivity index is 2.57. The number of rotatable bonds is 2. The summed E-state index contributed by atoms with van der Waals surface area (Å²) in [7, 11) is 0. The fourth-order valence-corrected chi connectivity index (χ4v) is 1.61. The highest BCUT2D eigenvalue weighted by Crippen LogP contribution is 2.31. The van der Waals surface area contributed by atoms with Crippen molar-refractivity contribution < 1.29 is 17.6 Å². The van der Waals surface area contributed by atoms with E-state index in [1.807, 2.05) is 0 Å². The zero-order valence-electron chi connectivity index (χ0n) is 8.75. The molecule has 1 aromatic carbocycles. The van der Waals surface area contributed by atoms with Crippen LogP contribution in [0.1, 0.15) is 11.4 Å². The van der Waals surface area contributed by atoms with Crippen LogP contribution in [0.4, 0.5) is 17.6 Å². The van der Waals surface area contributed by atoms with Crippen LogP contribution in [-0.2, 0) is 12.1 Å². The highest BCUT2D eigenvalue weighted by molar-refractivity contribution is 6.16. The molecule has 96 valence electrons. The van der Waals surface area contributed by atoms with Gasteiger partial charge in [0.15, 0.2) is 5.82 Å². The Labute approximate surface area is 104 Å². The van der Waals surface area contributed by atoms with Gasteiger partial charge in [-0.05, 0) is 18.2 Å². The summed E-state index contributed by atoms with van der Waals surface area (Å²) in [6, 6.07) is 2.11. The van der Waals surface area contributed by atoms with Crippen molar-refractivity contribution in [2.45, 2.75) is 12.1 Å². The molecular weight excluding hydrogens is 274 g/mol. The van der Waals surface area contributed by atoms with Crippen LogP contribution in [0.15, 0.2) is 24.5 Å². The molecule has 8 heteroatoms. The minimum Gasteiger partial charge on any atom is -0.282 e. The van der Waals surface area contributed by atoms with Crippen molar-refractivity contribution >= 4 is 11.6 Å². The lowest BCUT2D eigenvalue weighted by atomic mass is 10.2. The molecule has 0 unspecified atom stereocenters. The van der Waals surface area contributed by atoms with E-state index in [-0.39, 0.29) is 17.4 Å². The summed E-state index contributed by atoms with van der Waals surface area (Å²) in [4.78, 5) is 0. The normalized spacial score (nSPS) is 11.8. The molecule has 0 saturated heterocycles. The summed E-state index contributed by atoms with van der Waals surface area (Å²) in [5.74, 6) is -0.737. The van der Waals surface area contributed by atoms with E-state index in [2.05, 4.69) is 10.2 Å². The largest absolute Gasteiger partial charge is 0.416 e. The van der Waals surface area contributed by atoms with Gasteiger partial charge in [0.05, 0.1) is 17.1 Å². The monoisotopic (exact) mass is 279 g/mol. The third kappa shape index (κ3) is 2.31. The summed E-state index contributed by atoms with van der Waals surface area (Å²) >= 11 is 5.54. The average molecular weight is 280 g/mol. The molecule has 0 aliphatic carbocycles. The summed E-state index contributed by atoms with van der Waals surface area (Å²) in [5, 5.41) is 7.06. The van der Waals surface area contributed by atoms with E-state index >= 15 is 0 Å². The second kappa shape index (κ2) is 4.56.